The van der Waals surface area contributed by atoms with Crippen LogP contribution in [-0.2, 0) is 11.3 Å². The summed E-state index contributed by atoms with van der Waals surface area (Å²) in [5, 5.41) is 21.6. The smallest absolute Gasteiger partial charge is 0.407 e. The van der Waals surface area contributed by atoms with Crippen LogP contribution in [0.5, 0.6) is 0 Å². The Bertz CT molecular complexity index is 952. The molecule has 10 heteroatoms. The molecule has 0 spiro atoms. The van der Waals surface area contributed by atoms with Gasteiger partial charge in [-0.05, 0) is 66.7 Å². The summed E-state index contributed by atoms with van der Waals surface area (Å²) >= 11 is 6.15. The first-order valence-corrected chi connectivity index (χ1v) is 10.6. The van der Waals surface area contributed by atoms with E-state index in [-0.39, 0.29) is 5.91 Å². The molecule has 1 saturated heterocycles. The summed E-state index contributed by atoms with van der Waals surface area (Å²) < 4.78 is 0. The van der Waals surface area contributed by atoms with E-state index in [9.17, 15) is 9.59 Å². The number of rotatable bonds is 7. The van der Waals surface area contributed by atoms with Crippen LogP contribution in [0.15, 0.2) is 24.3 Å². The Labute approximate surface area is 186 Å². The topological polar surface area (TPSA) is 104 Å². The number of likely N-dealkylation sites (tertiary alicyclic amines) is 1. The van der Waals surface area contributed by atoms with E-state index in [0.29, 0.717) is 42.9 Å². The van der Waals surface area contributed by atoms with Crippen molar-refractivity contribution in [2.75, 3.05) is 26.7 Å². The molecule has 166 valence electrons. The Kier molecular flexibility index (Phi) is 7.62. The fraction of sp³-hybridized carbons (Fsp3) is 0.476. The standard InChI is InChI=1S/C21H27ClN6O3/c1-15-23-25-28(24-15)14-18-13-19(22)5-3-17(18)4-6-20(29)27-11-8-16(9-12-27)7-10-26(2)21(30)31/h3-6,13,16H,7-12,14H2,1-2H3,(H,30,31)/b6-4+. The highest BCUT2D eigenvalue weighted by Gasteiger charge is 2.22. The van der Waals surface area contributed by atoms with Crippen molar-refractivity contribution in [3.05, 3.63) is 46.2 Å². The van der Waals surface area contributed by atoms with Gasteiger partial charge in [-0.15, -0.1) is 10.2 Å². The van der Waals surface area contributed by atoms with E-state index < -0.39 is 6.09 Å². The van der Waals surface area contributed by atoms with Crippen LogP contribution in [0, 0.1) is 12.8 Å². The Hall–Kier alpha value is -2.94. The van der Waals surface area contributed by atoms with Crippen LogP contribution in [0.2, 0.25) is 5.02 Å². The third-order valence-electron chi connectivity index (χ3n) is 5.50. The summed E-state index contributed by atoms with van der Waals surface area (Å²) in [5.74, 6) is 1.00. The number of carbonyl (C=O) groups excluding carboxylic acids is 1. The molecule has 1 aliphatic heterocycles. The first kappa shape index (κ1) is 22.7. The summed E-state index contributed by atoms with van der Waals surface area (Å²) in [7, 11) is 1.58. The number of nitrogens with zero attached hydrogens (tertiary/aromatic N) is 6. The largest absolute Gasteiger partial charge is 0.465 e. The van der Waals surface area contributed by atoms with Crippen molar-refractivity contribution >= 4 is 29.7 Å². The van der Waals surface area contributed by atoms with E-state index >= 15 is 0 Å². The minimum absolute atomic E-state index is 0.0308. The quantitative estimate of drug-likeness (QED) is 0.655. The molecule has 2 aromatic rings. The molecule has 0 aliphatic carbocycles. The number of hydrogen-bond acceptors (Lipinski definition) is 5. The van der Waals surface area contributed by atoms with Crippen LogP contribution in [0.3, 0.4) is 0 Å². The molecule has 2 heterocycles. The van der Waals surface area contributed by atoms with Crippen LogP contribution in [-0.4, -0.2) is 73.8 Å². The Morgan fingerprint density at radius 1 is 1.32 bits per heavy atom. The number of piperidine rings is 1. The van der Waals surface area contributed by atoms with Crippen molar-refractivity contribution in [2.24, 2.45) is 5.92 Å². The van der Waals surface area contributed by atoms with Gasteiger partial charge in [-0.2, -0.15) is 4.80 Å². The van der Waals surface area contributed by atoms with E-state index in [1.54, 1.807) is 32.2 Å². The molecule has 1 fully saturated rings. The normalized spacial score (nSPS) is 14.9. The molecule has 1 aliphatic rings. The zero-order chi connectivity index (χ0) is 22.4. The third kappa shape index (κ3) is 6.52. The minimum Gasteiger partial charge on any atom is -0.465 e. The van der Waals surface area contributed by atoms with Crippen molar-refractivity contribution in [3.63, 3.8) is 0 Å². The number of amides is 2. The predicted octanol–water partition coefficient (Wildman–Crippen LogP) is 2.93. The monoisotopic (exact) mass is 446 g/mol. The first-order valence-electron chi connectivity index (χ1n) is 10.3. The van der Waals surface area contributed by atoms with Gasteiger partial charge in [-0.25, -0.2) is 4.79 Å². The highest BCUT2D eigenvalue weighted by atomic mass is 35.5. The zero-order valence-electron chi connectivity index (χ0n) is 17.7. The predicted molar refractivity (Wildman–Crippen MR) is 117 cm³/mol. The van der Waals surface area contributed by atoms with Crippen LogP contribution < -0.4 is 0 Å². The number of carbonyl (C=O) groups is 2. The number of aromatic nitrogens is 4. The molecule has 3 rings (SSSR count). The number of aryl methyl sites for hydroxylation is 1. The molecular weight excluding hydrogens is 420 g/mol. The average Bonchev–Trinajstić information content (AvgIpc) is 3.16. The van der Waals surface area contributed by atoms with E-state index in [1.165, 1.54) is 9.70 Å². The summed E-state index contributed by atoms with van der Waals surface area (Å²) in [5.41, 5.74) is 1.77. The number of tetrazole rings is 1. The van der Waals surface area contributed by atoms with Gasteiger partial charge in [0.1, 0.15) is 0 Å². The van der Waals surface area contributed by atoms with Crippen molar-refractivity contribution in [2.45, 2.75) is 32.7 Å². The molecule has 1 aromatic carbocycles. The maximum atomic E-state index is 12.7. The second-order valence-electron chi connectivity index (χ2n) is 7.80. The van der Waals surface area contributed by atoms with Crippen molar-refractivity contribution in [1.29, 1.82) is 0 Å². The van der Waals surface area contributed by atoms with E-state index in [1.807, 2.05) is 17.0 Å². The molecule has 0 saturated carbocycles. The van der Waals surface area contributed by atoms with Gasteiger partial charge in [0.25, 0.3) is 0 Å². The third-order valence-corrected chi connectivity index (χ3v) is 5.74. The molecule has 0 bridgehead atoms. The van der Waals surface area contributed by atoms with Gasteiger partial charge in [-0.3, -0.25) is 4.79 Å². The SMILES string of the molecule is Cc1nnn(Cc2cc(Cl)ccc2/C=C/C(=O)N2CCC(CCN(C)C(=O)O)CC2)n1. The van der Waals surface area contributed by atoms with E-state index in [4.69, 9.17) is 16.7 Å². The van der Waals surface area contributed by atoms with Gasteiger partial charge in [0.15, 0.2) is 5.82 Å². The van der Waals surface area contributed by atoms with Gasteiger partial charge in [0.2, 0.25) is 5.91 Å². The lowest BCUT2D eigenvalue weighted by atomic mass is 9.93. The number of hydrogen-bond donors (Lipinski definition) is 1. The van der Waals surface area contributed by atoms with E-state index in [0.717, 1.165) is 30.4 Å². The van der Waals surface area contributed by atoms with Crippen molar-refractivity contribution in [1.82, 2.24) is 30.0 Å². The van der Waals surface area contributed by atoms with Gasteiger partial charge >= 0.3 is 6.09 Å². The molecule has 1 aromatic heterocycles. The average molecular weight is 447 g/mol. The molecule has 9 nitrogen and oxygen atoms in total. The van der Waals surface area contributed by atoms with Crippen molar-refractivity contribution in [3.8, 4) is 0 Å². The van der Waals surface area contributed by atoms with Gasteiger partial charge in [-0.1, -0.05) is 17.7 Å². The van der Waals surface area contributed by atoms with Gasteiger partial charge in [0.05, 0.1) is 6.54 Å². The summed E-state index contributed by atoms with van der Waals surface area (Å²) in [6.45, 7) is 4.06. The first-order chi connectivity index (χ1) is 14.8. The molecule has 0 radical (unpaired) electrons. The Morgan fingerprint density at radius 3 is 2.71 bits per heavy atom. The summed E-state index contributed by atoms with van der Waals surface area (Å²) in [4.78, 5) is 28.2. The maximum Gasteiger partial charge on any atom is 0.407 e. The van der Waals surface area contributed by atoms with Crippen LogP contribution in [0.1, 0.15) is 36.2 Å². The van der Waals surface area contributed by atoms with Crippen LogP contribution >= 0.6 is 11.6 Å². The van der Waals surface area contributed by atoms with Crippen LogP contribution in [0.25, 0.3) is 6.08 Å². The lowest BCUT2D eigenvalue weighted by molar-refractivity contribution is -0.127. The highest BCUT2D eigenvalue weighted by molar-refractivity contribution is 6.30. The van der Waals surface area contributed by atoms with E-state index in [2.05, 4.69) is 15.4 Å². The lowest BCUT2D eigenvalue weighted by Gasteiger charge is -2.32. The number of benzene rings is 1. The molecular formula is C21H27ClN6O3. The fourth-order valence-corrected chi connectivity index (χ4v) is 3.79. The van der Waals surface area contributed by atoms with Gasteiger partial charge < -0.3 is 14.9 Å². The molecule has 0 atom stereocenters. The lowest BCUT2D eigenvalue weighted by Crippen LogP contribution is -2.38. The maximum absolute atomic E-state index is 12.7. The molecule has 2 amide bonds. The molecule has 0 unspecified atom stereocenters. The number of halogens is 1. The Morgan fingerprint density at radius 2 is 2.06 bits per heavy atom. The molecule has 31 heavy (non-hydrogen) atoms. The molecule has 1 N–H and O–H groups in total. The highest BCUT2D eigenvalue weighted by Crippen LogP contribution is 2.22. The summed E-state index contributed by atoms with van der Waals surface area (Å²) in [6, 6.07) is 5.50. The van der Waals surface area contributed by atoms with Gasteiger partial charge in [0, 0.05) is 37.8 Å². The summed E-state index contributed by atoms with van der Waals surface area (Å²) in [6.07, 6.45) is 5.07. The number of carboxylic acid groups (broad SMARTS) is 1. The minimum atomic E-state index is -0.908. The zero-order valence-corrected chi connectivity index (χ0v) is 18.5. The van der Waals surface area contributed by atoms with Crippen LogP contribution in [0.4, 0.5) is 4.79 Å². The Balaban J connectivity index is 1.56. The van der Waals surface area contributed by atoms with Crippen molar-refractivity contribution < 1.29 is 14.7 Å². The second-order valence-corrected chi connectivity index (χ2v) is 8.24. The second kappa shape index (κ2) is 10.4. The fourth-order valence-electron chi connectivity index (χ4n) is 3.60.